The highest BCUT2D eigenvalue weighted by atomic mass is 32.2. The number of hydrogen-bond acceptors (Lipinski definition) is 4. The van der Waals surface area contributed by atoms with Crippen LogP contribution < -0.4 is 10.6 Å². The van der Waals surface area contributed by atoms with Crippen LogP contribution in [0.4, 0.5) is 4.39 Å². The highest BCUT2D eigenvalue weighted by Gasteiger charge is 2.29. The molecule has 1 aliphatic carbocycles. The molecule has 1 aromatic carbocycles. The Morgan fingerprint density at radius 3 is 2.56 bits per heavy atom. The van der Waals surface area contributed by atoms with Crippen LogP contribution >= 0.6 is 11.8 Å². The number of thioether (sulfide) groups is 1. The fourth-order valence-electron chi connectivity index (χ4n) is 2.42. The number of halogens is 1. The topological polar surface area (TPSA) is 76.0 Å². The Bertz CT molecular complexity index is 771. The van der Waals surface area contributed by atoms with E-state index < -0.39 is 0 Å². The molecule has 2 aromatic rings. The van der Waals surface area contributed by atoms with E-state index in [0.717, 1.165) is 12.8 Å². The summed E-state index contributed by atoms with van der Waals surface area (Å²) < 4.78 is 14.8. The van der Waals surface area contributed by atoms with Crippen molar-refractivity contribution < 1.29 is 14.0 Å². The van der Waals surface area contributed by atoms with Crippen molar-refractivity contribution in [3.8, 4) is 5.69 Å². The summed E-state index contributed by atoms with van der Waals surface area (Å²) in [6.07, 6.45) is 5.25. The molecule has 0 saturated heterocycles. The molecule has 2 amide bonds. The van der Waals surface area contributed by atoms with Crippen molar-refractivity contribution in [1.29, 1.82) is 0 Å². The molecule has 1 aromatic heterocycles. The normalized spacial score (nSPS) is 13.5. The van der Waals surface area contributed by atoms with Crippen LogP contribution in [-0.4, -0.2) is 40.7 Å². The van der Waals surface area contributed by atoms with Crippen molar-refractivity contribution >= 4 is 23.6 Å². The molecular formula is C17H19FN4O2S. The Kier molecular flexibility index (Phi) is 5.37. The quantitative estimate of drug-likeness (QED) is 0.583. The summed E-state index contributed by atoms with van der Waals surface area (Å²) in [5.41, 5.74) is 1.03. The van der Waals surface area contributed by atoms with Crippen molar-refractivity contribution in [1.82, 2.24) is 20.2 Å². The summed E-state index contributed by atoms with van der Waals surface area (Å²) in [7, 11) is 0. The second kappa shape index (κ2) is 7.69. The van der Waals surface area contributed by atoms with Crippen LogP contribution in [0.2, 0.25) is 0 Å². The summed E-state index contributed by atoms with van der Waals surface area (Å²) >= 11 is 1.40. The Morgan fingerprint density at radius 1 is 1.24 bits per heavy atom. The number of benzene rings is 1. The van der Waals surface area contributed by atoms with Crippen LogP contribution in [0, 0.1) is 11.7 Å². The number of aromatic nitrogens is 2. The molecule has 8 heteroatoms. The number of rotatable bonds is 7. The standard InChI is InChI=1S/C17H19FN4O2S/c1-25-17-21-10-14(22(17)13-6-4-12(18)5-7-13)16(24)20-9-8-19-15(23)11-2-3-11/h4-7,10-11H,2-3,8-9H2,1H3,(H,19,23)(H,20,24). The maximum Gasteiger partial charge on any atom is 0.270 e. The molecule has 6 nitrogen and oxygen atoms in total. The summed E-state index contributed by atoms with van der Waals surface area (Å²) in [5.74, 6) is -0.431. The number of imidazole rings is 1. The van der Waals surface area contributed by atoms with Crippen LogP contribution in [0.1, 0.15) is 23.3 Å². The van der Waals surface area contributed by atoms with E-state index in [1.54, 1.807) is 16.7 Å². The largest absolute Gasteiger partial charge is 0.354 e. The maximum absolute atomic E-state index is 13.2. The highest BCUT2D eigenvalue weighted by Crippen LogP contribution is 2.28. The molecule has 0 aliphatic heterocycles. The minimum atomic E-state index is -0.341. The van der Waals surface area contributed by atoms with Gasteiger partial charge in [0.25, 0.3) is 5.91 Å². The summed E-state index contributed by atoms with van der Waals surface area (Å²) in [5, 5.41) is 6.21. The van der Waals surface area contributed by atoms with Gasteiger partial charge in [-0.05, 0) is 43.4 Å². The molecule has 0 unspecified atom stereocenters. The molecule has 1 saturated carbocycles. The molecule has 2 N–H and O–H groups in total. The van der Waals surface area contributed by atoms with Crippen LogP contribution in [0.3, 0.4) is 0 Å². The second-order valence-corrected chi connectivity index (χ2v) is 6.54. The zero-order valence-corrected chi connectivity index (χ0v) is 14.6. The number of hydrogen-bond donors (Lipinski definition) is 2. The van der Waals surface area contributed by atoms with E-state index in [2.05, 4.69) is 15.6 Å². The lowest BCUT2D eigenvalue weighted by Gasteiger charge is -2.11. The number of nitrogens with one attached hydrogen (secondary N) is 2. The third kappa shape index (κ3) is 4.19. The highest BCUT2D eigenvalue weighted by molar-refractivity contribution is 7.98. The van der Waals surface area contributed by atoms with Gasteiger partial charge in [-0.25, -0.2) is 9.37 Å². The van der Waals surface area contributed by atoms with Gasteiger partial charge in [-0.3, -0.25) is 14.2 Å². The van der Waals surface area contributed by atoms with Crippen molar-refractivity contribution in [2.24, 2.45) is 5.92 Å². The van der Waals surface area contributed by atoms with E-state index in [1.807, 2.05) is 6.26 Å². The molecule has 1 fully saturated rings. The van der Waals surface area contributed by atoms with E-state index in [-0.39, 0.29) is 23.5 Å². The SMILES string of the molecule is CSc1ncc(C(=O)NCCNC(=O)C2CC2)n1-c1ccc(F)cc1. The zero-order chi connectivity index (χ0) is 17.8. The van der Waals surface area contributed by atoms with E-state index >= 15 is 0 Å². The van der Waals surface area contributed by atoms with E-state index in [4.69, 9.17) is 0 Å². The Balaban J connectivity index is 1.66. The first kappa shape index (κ1) is 17.5. The molecule has 0 radical (unpaired) electrons. The van der Waals surface area contributed by atoms with Gasteiger partial charge in [0.05, 0.1) is 6.20 Å². The fraction of sp³-hybridized carbons (Fsp3) is 0.353. The third-order valence-electron chi connectivity index (χ3n) is 3.89. The molecule has 3 rings (SSSR count). The summed E-state index contributed by atoms with van der Waals surface area (Å²) in [4.78, 5) is 28.3. The molecule has 0 spiro atoms. The number of amides is 2. The van der Waals surface area contributed by atoms with Crippen LogP contribution in [0.25, 0.3) is 5.69 Å². The van der Waals surface area contributed by atoms with Crippen LogP contribution in [-0.2, 0) is 4.79 Å². The van der Waals surface area contributed by atoms with Crippen molar-refractivity contribution in [3.63, 3.8) is 0 Å². The number of carbonyl (C=O) groups is 2. The zero-order valence-electron chi connectivity index (χ0n) is 13.8. The molecular weight excluding hydrogens is 343 g/mol. The molecule has 0 atom stereocenters. The van der Waals surface area contributed by atoms with Crippen molar-refractivity contribution in [3.05, 3.63) is 42.0 Å². The Labute approximate surface area is 149 Å². The van der Waals surface area contributed by atoms with Crippen LogP contribution in [0.5, 0.6) is 0 Å². The summed E-state index contributed by atoms with van der Waals surface area (Å²) in [6, 6.07) is 5.88. The first-order valence-corrected chi connectivity index (χ1v) is 9.26. The molecule has 132 valence electrons. The van der Waals surface area contributed by atoms with E-state index in [0.29, 0.717) is 29.6 Å². The lowest BCUT2D eigenvalue weighted by molar-refractivity contribution is -0.122. The lowest BCUT2D eigenvalue weighted by atomic mass is 10.3. The monoisotopic (exact) mass is 362 g/mol. The molecule has 1 heterocycles. The smallest absolute Gasteiger partial charge is 0.270 e. The first-order valence-electron chi connectivity index (χ1n) is 8.03. The van der Waals surface area contributed by atoms with Gasteiger partial charge >= 0.3 is 0 Å². The average molecular weight is 362 g/mol. The first-order chi connectivity index (χ1) is 12.1. The minimum Gasteiger partial charge on any atom is -0.354 e. The van der Waals surface area contributed by atoms with Gasteiger partial charge in [0.1, 0.15) is 11.5 Å². The van der Waals surface area contributed by atoms with E-state index in [1.165, 1.54) is 30.1 Å². The van der Waals surface area contributed by atoms with Gasteiger partial charge in [0, 0.05) is 24.7 Å². The van der Waals surface area contributed by atoms with Gasteiger partial charge < -0.3 is 10.6 Å². The van der Waals surface area contributed by atoms with Gasteiger partial charge in [-0.2, -0.15) is 0 Å². The van der Waals surface area contributed by atoms with Gasteiger partial charge in [0.2, 0.25) is 5.91 Å². The van der Waals surface area contributed by atoms with Crippen molar-refractivity contribution in [2.45, 2.75) is 18.0 Å². The fourth-order valence-corrected chi connectivity index (χ4v) is 2.97. The van der Waals surface area contributed by atoms with E-state index in [9.17, 15) is 14.0 Å². The number of nitrogens with zero attached hydrogens (tertiary/aromatic N) is 2. The van der Waals surface area contributed by atoms with Crippen LogP contribution in [0.15, 0.2) is 35.6 Å². The number of carbonyl (C=O) groups excluding carboxylic acids is 2. The predicted octanol–water partition coefficient (Wildman–Crippen LogP) is 1.99. The lowest BCUT2D eigenvalue weighted by Crippen LogP contribution is -2.35. The molecule has 1 aliphatic rings. The summed E-state index contributed by atoms with van der Waals surface area (Å²) in [6.45, 7) is 0.724. The van der Waals surface area contributed by atoms with Gasteiger partial charge in [0.15, 0.2) is 5.16 Å². The Hall–Kier alpha value is -2.35. The second-order valence-electron chi connectivity index (χ2n) is 5.76. The van der Waals surface area contributed by atoms with Gasteiger partial charge in [-0.1, -0.05) is 11.8 Å². The third-order valence-corrected chi connectivity index (χ3v) is 4.54. The molecule has 0 bridgehead atoms. The molecule has 25 heavy (non-hydrogen) atoms. The van der Waals surface area contributed by atoms with Gasteiger partial charge in [-0.15, -0.1) is 0 Å². The maximum atomic E-state index is 13.2. The average Bonchev–Trinajstić information content (AvgIpc) is 3.38. The predicted molar refractivity (Wildman–Crippen MR) is 93.4 cm³/mol. The van der Waals surface area contributed by atoms with Crippen molar-refractivity contribution in [2.75, 3.05) is 19.3 Å². The minimum absolute atomic E-state index is 0.0512. The Morgan fingerprint density at radius 2 is 1.92 bits per heavy atom.